The number of amides is 1. The summed E-state index contributed by atoms with van der Waals surface area (Å²) in [5, 5.41) is 1.81. The summed E-state index contributed by atoms with van der Waals surface area (Å²) in [7, 11) is 4.56. The molecule has 1 saturated heterocycles. The molecule has 1 heterocycles. The second-order valence-corrected chi connectivity index (χ2v) is 4.78. The molecule has 1 amide bonds. The molecule has 128 valence electrons. The van der Waals surface area contributed by atoms with Crippen molar-refractivity contribution in [3.63, 3.8) is 0 Å². The van der Waals surface area contributed by atoms with Gasteiger partial charge < -0.3 is 23.7 Å². The number of methoxy groups -OCH3 is 3. The lowest BCUT2D eigenvalue weighted by Crippen LogP contribution is -2.49. The van der Waals surface area contributed by atoms with Gasteiger partial charge in [0.1, 0.15) is 5.75 Å². The van der Waals surface area contributed by atoms with E-state index in [4.69, 9.17) is 23.7 Å². The third kappa shape index (κ3) is 4.64. The number of rotatable bonds is 7. The highest BCUT2D eigenvalue weighted by Gasteiger charge is 2.16. The summed E-state index contributed by atoms with van der Waals surface area (Å²) in [5.74, 6) is 1.63. The molecule has 1 aliphatic heterocycles. The maximum Gasteiger partial charge on any atom is 0.272 e. The number of carbonyl (C=O) groups is 1. The highest BCUT2D eigenvalue weighted by atomic mass is 16.5. The summed E-state index contributed by atoms with van der Waals surface area (Å²) in [6.07, 6.45) is 0. The average molecular weight is 326 g/mol. The Kier molecular flexibility index (Phi) is 6.30. The molecule has 0 aliphatic carbocycles. The minimum Gasteiger partial charge on any atom is -0.493 e. The van der Waals surface area contributed by atoms with E-state index in [0.29, 0.717) is 49.3 Å². The summed E-state index contributed by atoms with van der Waals surface area (Å²) in [6, 6.07) is 3.28. The van der Waals surface area contributed by atoms with Gasteiger partial charge in [-0.25, -0.2) is 5.01 Å². The Morgan fingerprint density at radius 3 is 2.26 bits per heavy atom. The summed E-state index contributed by atoms with van der Waals surface area (Å²) < 4.78 is 26.4. The number of hydrazine groups is 1. The van der Waals surface area contributed by atoms with Crippen LogP contribution in [0.2, 0.25) is 0 Å². The molecular formula is C15H22N2O6. The monoisotopic (exact) mass is 326 g/mol. The number of carbonyl (C=O) groups excluding carboxylic acids is 1. The van der Waals surface area contributed by atoms with E-state index in [9.17, 15) is 4.79 Å². The topological polar surface area (TPSA) is 78.5 Å². The number of hydrogen-bond acceptors (Lipinski definition) is 7. The van der Waals surface area contributed by atoms with Gasteiger partial charge in [-0.1, -0.05) is 0 Å². The molecule has 2 rings (SSSR count). The lowest BCUT2D eigenvalue weighted by atomic mass is 10.2. The zero-order chi connectivity index (χ0) is 16.7. The first-order chi connectivity index (χ1) is 11.2. The molecule has 1 aliphatic rings. The Bertz CT molecular complexity index is 506. The van der Waals surface area contributed by atoms with Crippen LogP contribution in [0.4, 0.5) is 0 Å². The van der Waals surface area contributed by atoms with Gasteiger partial charge in [-0.3, -0.25) is 10.2 Å². The minimum absolute atomic E-state index is 0.115. The molecule has 0 aromatic heterocycles. The van der Waals surface area contributed by atoms with E-state index < -0.39 is 0 Å². The summed E-state index contributed by atoms with van der Waals surface area (Å²) in [4.78, 5) is 11.9. The summed E-state index contributed by atoms with van der Waals surface area (Å²) in [6.45, 7) is 2.42. The van der Waals surface area contributed by atoms with Gasteiger partial charge in [0.15, 0.2) is 18.1 Å². The molecule has 0 unspecified atom stereocenters. The lowest BCUT2D eigenvalue weighted by Gasteiger charge is -2.26. The molecule has 0 spiro atoms. The van der Waals surface area contributed by atoms with Crippen LogP contribution in [0.3, 0.4) is 0 Å². The highest BCUT2D eigenvalue weighted by Crippen LogP contribution is 2.40. The second-order valence-electron chi connectivity index (χ2n) is 4.78. The standard InChI is InChI=1S/C15H22N2O6/c1-19-12-8-11(9-13(20-2)15(12)21-3)23-10-14(18)16-17-4-6-22-7-5-17/h8-9H,4-7,10H2,1-3H3,(H,16,18). The average Bonchev–Trinajstić information content (AvgIpc) is 2.59. The predicted molar refractivity (Wildman–Crippen MR) is 82.1 cm³/mol. The molecule has 1 aromatic rings. The van der Waals surface area contributed by atoms with Gasteiger partial charge in [-0.2, -0.15) is 0 Å². The van der Waals surface area contributed by atoms with Crippen molar-refractivity contribution in [3.8, 4) is 23.0 Å². The number of morpholine rings is 1. The number of nitrogens with one attached hydrogen (secondary N) is 1. The maximum absolute atomic E-state index is 11.9. The Labute approximate surface area is 135 Å². The number of benzene rings is 1. The zero-order valence-corrected chi connectivity index (χ0v) is 13.6. The molecule has 1 aromatic carbocycles. The van der Waals surface area contributed by atoms with Gasteiger partial charge in [-0.15, -0.1) is 0 Å². The number of nitrogens with zero attached hydrogens (tertiary/aromatic N) is 1. The Balaban J connectivity index is 1.95. The smallest absolute Gasteiger partial charge is 0.272 e. The van der Waals surface area contributed by atoms with E-state index >= 15 is 0 Å². The van der Waals surface area contributed by atoms with Crippen LogP contribution in [0.25, 0.3) is 0 Å². The molecule has 1 fully saturated rings. The largest absolute Gasteiger partial charge is 0.493 e. The van der Waals surface area contributed by atoms with Crippen LogP contribution in [-0.2, 0) is 9.53 Å². The fourth-order valence-corrected chi connectivity index (χ4v) is 2.17. The number of ether oxygens (including phenoxy) is 5. The van der Waals surface area contributed by atoms with Crippen LogP contribution >= 0.6 is 0 Å². The van der Waals surface area contributed by atoms with Crippen molar-refractivity contribution in [2.45, 2.75) is 0 Å². The molecule has 0 saturated carbocycles. The second kappa shape index (κ2) is 8.44. The van der Waals surface area contributed by atoms with Crippen LogP contribution in [0.1, 0.15) is 0 Å². The highest BCUT2D eigenvalue weighted by molar-refractivity contribution is 5.77. The summed E-state index contributed by atoms with van der Waals surface area (Å²) >= 11 is 0. The quantitative estimate of drug-likeness (QED) is 0.779. The van der Waals surface area contributed by atoms with Gasteiger partial charge in [-0.05, 0) is 0 Å². The lowest BCUT2D eigenvalue weighted by molar-refractivity contribution is -0.130. The van der Waals surface area contributed by atoms with Crippen molar-refractivity contribution < 1.29 is 28.5 Å². The van der Waals surface area contributed by atoms with Crippen LogP contribution < -0.4 is 24.4 Å². The SMILES string of the molecule is COc1cc(OCC(=O)NN2CCOCC2)cc(OC)c1OC. The molecule has 0 bridgehead atoms. The van der Waals surface area contributed by atoms with Crippen molar-refractivity contribution in [1.82, 2.24) is 10.4 Å². The van der Waals surface area contributed by atoms with Gasteiger partial charge >= 0.3 is 0 Å². The normalized spacial score (nSPS) is 14.9. The van der Waals surface area contributed by atoms with Gasteiger partial charge in [0.2, 0.25) is 5.75 Å². The Morgan fingerprint density at radius 2 is 1.74 bits per heavy atom. The first kappa shape index (κ1) is 17.2. The fourth-order valence-electron chi connectivity index (χ4n) is 2.17. The molecule has 0 atom stereocenters. The van der Waals surface area contributed by atoms with Crippen molar-refractivity contribution >= 4 is 5.91 Å². The zero-order valence-electron chi connectivity index (χ0n) is 13.6. The van der Waals surface area contributed by atoms with Crippen LogP contribution in [0.5, 0.6) is 23.0 Å². The van der Waals surface area contributed by atoms with Gasteiger partial charge in [0.25, 0.3) is 5.91 Å². The number of hydrogen-bond donors (Lipinski definition) is 1. The first-order valence-corrected chi connectivity index (χ1v) is 7.23. The molecule has 23 heavy (non-hydrogen) atoms. The van der Waals surface area contributed by atoms with Crippen molar-refractivity contribution in [3.05, 3.63) is 12.1 Å². The predicted octanol–water partition coefficient (Wildman–Crippen LogP) is 0.455. The van der Waals surface area contributed by atoms with E-state index in [1.165, 1.54) is 21.3 Å². The Morgan fingerprint density at radius 1 is 1.13 bits per heavy atom. The maximum atomic E-state index is 11.9. The first-order valence-electron chi connectivity index (χ1n) is 7.23. The van der Waals surface area contributed by atoms with E-state index in [0.717, 1.165) is 0 Å². The molecule has 8 heteroatoms. The third-order valence-electron chi connectivity index (χ3n) is 3.30. The molecule has 0 radical (unpaired) electrons. The van der Waals surface area contributed by atoms with Crippen molar-refractivity contribution in [1.29, 1.82) is 0 Å². The molecule has 8 nitrogen and oxygen atoms in total. The van der Waals surface area contributed by atoms with Crippen molar-refractivity contribution in [2.75, 3.05) is 54.2 Å². The van der Waals surface area contributed by atoms with E-state index in [2.05, 4.69) is 5.43 Å². The van der Waals surface area contributed by atoms with E-state index in [-0.39, 0.29) is 12.5 Å². The minimum atomic E-state index is -0.236. The third-order valence-corrected chi connectivity index (χ3v) is 3.30. The van der Waals surface area contributed by atoms with Crippen LogP contribution in [0, 0.1) is 0 Å². The summed E-state index contributed by atoms with van der Waals surface area (Å²) in [5.41, 5.74) is 2.77. The van der Waals surface area contributed by atoms with Crippen LogP contribution in [0.15, 0.2) is 12.1 Å². The van der Waals surface area contributed by atoms with Gasteiger partial charge in [0, 0.05) is 25.2 Å². The molecular weight excluding hydrogens is 304 g/mol. The van der Waals surface area contributed by atoms with Gasteiger partial charge in [0.05, 0.1) is 34.5 Å². The van der Waals surface area contributed by atoms with E-state index in [1.807, 2.05) is 5.01 Å². The van der Waals surface area contributed by atoms with Crippen molar-refractivity contribution in [2.24, 2.45) is 0 Å². The Hall–Kier alpha value is -2.19. The van der Waals surface area contributed by atoms with E-state index in [1.54, 1.807) is 12.1 Å². The molecule has 1 N–H and O–H groups in total. The van der Waals surface area contributed by atoms with Crippen LogP contribution in [-0.4, -0.2) is 65.2 Å². The fraction of sp³-hybridized carbons (Fsp3) is 0.533.